The molecule has 2 aliphatic rings. The largest absolute Gasteiger partial charge is 0.356 e. The molecule has 0 spiro atoms. The molecule has 2 rings (SSSR count). The zero-order chi connectivity index (χ0) is 19.3. The lowest BCUT2D eigenvalue weighted by Crippen LogP contribution is -2.51. The fraction of sp³-hybridized carbons (Fsp3) is 0.905. The lowest BCUT2D eigenvalue weighted by Gasteiger charge is -2.42. The second kappa shape index (κ2) is 9.20. The number of likely N-dealkylation sites (tertiary alicyclic amines) is 2. The summed E-state index contributed by atoms with van der Waals surface area (Å²) in [5.74, 6) is 1.33. The molecule has 5 nitrogen and oxygen atoms in total. The number of carbonyl (C=O) groups is 2. The number of hydrogen-bond donors (Lipinski definition) is 1. The molecule has 2 saturated heterocycles. The lowest BCUT2D eigenvalue weighted by molar-refractivity contribution is -0.141. The Labute approximate surface area is 159 Å². The minimum Gasteiger partial charge on any atom is -0.356 e. The van der Waals surface area contributed by atoms with E-state index >= 15 is 0 Å². The Morgan fingerprint density at radius 2 is 1.58 bits per heavy atom. The second-order valence-electron chi connectivity index (χ2n) is 9.56. The van der Waals surface area contributed by atoms with E-state index in [0.717, 1.165) is 64.8 Å². The van der Waals surface area contributed by atoms with Gasteiger partial charge in [-0.1, -0.05) is 34.6 Å². The summed E-state index contributed by atoms with van der Waals surface area (Å²) in [5.41, 5.74) is -0.284. The standard InChI is InChI=1S/C21H39N3O2/c1-16(2)6-11-22-19(25)17-7-12-23(13-8-17)18-9-14-24(15-10-18)20(26)21(3,4)5/h16-18H,6-15H2,1-5H3,(H,22,25). The van der Waals surface area contributed by atoms with Gasteiger partial charge in [-0.25, -0.2) is 0 Å². The Morgan fingerprint density at radius 1 is 1.00 bits per heavy atom. The molecule has 0 radical (unpaired) electrons. The van der Waals surface area contributed by atoms with E-state index < -0.39 is 0 Å². The summed E-state index contributed by atoms with van der Waals surface area (Å²) in [6.07, 6.45) is 5.11. The topological polar surface area (TPSA) is 52.7 Å². The first-order chi connectivity index (χ1) is 12.2. The molecule has 2 heterocycles. The van der Waals surface area contributed by atoms with Gasteiger partial charge in [-0.15, -0.1) is 0 Å². The van der Waals surface area contributed by atoms with Gasteiger partial charge in [0, 0.05) is 37.0 Å². The van der Waals surface area contributed by atoms with Crippen molar-refractivity contribution in [2.24, 2.45) is 17.3 Å². The van der Waals surface area contributed by atoms with Gasteiger partial charge in [0.1, 0.15) is 0 Å². The molecule has 0 aromatic heterocycles. The maximum absolute atomic E-state index is 12.4. The van der Waals surface area contributed by atoms with Crippen molar-refractivity contribution in [3.8, 4) is 0 Å². The van der Waals surface area contributed by atoms with Crippen molar-refractivity contribution in [3.05, 3.63) is 0 Å². The summed E-state index contributed by atoms with van der Waals surface area (Å²) in [5, 5.41) is 3.11. The van der Waals surface area contributed by atoms with Crippen LogP contribution in [0.5, 0.6) is 0 Å². The summed E-state index contributed by atoms with van der Waals surface area (Å²) in [4.78, 5) is 29.3. The Bertz CT molecular complexity index is 468. The first-order valence-corrected chi connectivity index (χ1v) is 10.5. The Kier molecular flexibility index (Phi) is 7.51. The number of nitrogens with zero attached hydrogens (tertiary/aromatic N) is 2. The molecule has 2 fully saturated rings. The maximum Gasteiger partial charge on any atom is 0.227 e. The molecule has 0 saturated carbocycles. The summed E-state index contributed by atoms with van der Waals surface area (Å²) in [6.45, 7) is 14.9. The molecular formula is C21H39N3O2. The summed E-state index contributed by atoms with van der Waals surface area (Å²) < 4.78 is 0. The van der Waals surface area contributed by atoms with Crippen LogP contribution >= 0.6 is 0 Å². The van der Waals surface area contributed by atoms with Gasteiger partial charge < -0.3 is 15.1 Å². The van der Waals surface area contributed by atoms with E-state index in [-0.39, 0.29) is 23.1 Å². The van der Waals surface area contributed by atoms with Gasteiger partial charge in [0.2, 0.25) is 11.8 Å². The van der Waals surface area contributed by atoms with Crippen LogP contribution in [0.4, 0.5) is 0 Å². The first-order valence-electron chi connectivity index (χ1n) is 10.5. The average molecular weight is 366 g/mol. The number of amides is 2. The van der Waals surface area contributed by atoms with Crippen LogP contribution < -0.4 is 5.32 Å². The first kappa shape index (κ1) is 21.2. The van der Waals surface area contributed by atoms with E-state index in [0.29, 0.717) is 12.0 Å². The van der Waals surface area contributed by atoms with Gasteiger partial charge in [-0.2, -0.15) is 0 Å². The van der Waals surface area contributed by atoms with Gasteiger partial charge in [0.15, 0.2) is 0 Å². The highest BCUT2D eigenvalue weighted by Crippen LogP contribution is 2.26. The molecular weight excluding hydrogens is 326 g/mol. The molecule has 26 heavy (non-hydrogen) atoms. The SMILES string of the molecule is CC(C)CCNC(=O)C1CCN(C2CCN(C(=O)C(C)(C)C)CC2)CC1. The predicted molar refractivity (Wildman–Crippen MR) is 106 cm³/mol. The third-order valence-electron chi connectivity index (χ3n) is 5.83. The van der Waals surface area contributed by atoms with Crippen molar-refractivity contribution in [2.45, 2.75) is 72.8 Å². The van der Waals surface area contributed by atoms with E-state index in [4.69, 9.17) is 0 Å². The molecule has 0 aromatic carbocycles. The lowest BCUT2D eigenvalue weighted by atomic mass is 9.91. The van der Waals surface area contributed by atoms with Crippen LogP contribution in [0.15, 0.2) is 0 Å². The van der Waals surface area contributed by atoms with Crippen molar-refractivity contribution >= 4 is 11.8 Å². The molecule has 0 bridgehead atoms. The van der Waals surface area contributed by atoms with Crippen molar-refractivity contribution in [3.63, 3.8) is 0 Å². The van der Waals surface area contributed by atoms with Gasteiger partial charge in [-0.05, 0) is 51.1 Å². The smallest absolute Gasteiger partial charge is 0.227 e. The fourth-order valence-electron chi connectivity index (χ4n) is 4.06. The zero-order valence-corrected chi connectivity index (χ0v) is 17.5. The minimum atomic E-state index is -0.284. The van der Waals surface area contributed by atoms with Crippen LogP contribution in [0.25, 0.3) is 0 Å². The number of carbonyl (C=O) groups excluding carboxylic acids is 2. The van der Waals surface area contributed by atoms with Gasteiger partial charge in [0.05, 0.1) is 0 Å². The predicted octanol–water partition coefficient (Wildman–Crippen LogP) is 2.90. The van der Waals surface area contributed by atoms with Crippen molar-refractivity contribution < 1.29 is 9.59 Å². The fourth-order valence-corrected chi connectivity index (χ4v) is 4.06. The van der Waals surface area contributed by atoms with Gasteiger partial charge in [-0.3, -0.25) is 9.59 Å². The van der Waals surface area contributed by atoms with Crippen molar-refractivity contribution in [2.75, 3.05) is 32.7 Å². The maximum atomic E-state index is 12.4. The monoisotopic (exact) mass is 365 g/mol. The number of hydrogen-bond acceptors (Lipinski definition) is 3. The quantitative estimate of drug-likeness (QED) is 0.815. The highest BCUT2D eigenvalue weighted by atomic mass is 16.2. The molecule has 150 valence electrons. The van der Waals surface area contributed by atoms with Crippen LogP contribution in [-0.4, -0.2) is 60.4 Å². The Morgan fingerprint density at radius 3 is 2.08 bits per heavy atom. The second-order valence-corrected chi connectivity index (χ2v) is 9.56. The molecule has 0 aromatic rings. The highest BCUT2D eigenvalue weighted by molar-refractivity contribution is 5.81. The zero-order valence-electron chi connectivity index (χ0n) is 17.5. The van der Waals surface area contributed by atoms with E-state index in [1.807, 2.05) is 25.7 Å². The van der Waals surface area contributed by atoms with Crippen LogP contribution in [0.1, 0.15) is 66.7 Å². The van der Waals surface area contributed by atoms with Crippen LogP contribution in [0.3, 0.4) is 0 Å². The molecule has 5 heteroatoms. The third kappa shape index (κ3) is 5.97. The summed E-state index contributed by atoms with van der Waals surface area (Å²) >= 11 is 0. The minimum absolute atomic E-state index is 0.181. The molecule has 0 aliphatic carbocycles. The summed E-state index contributed by atoms with van der Waals surface area (Å²) in [7, 11) is 0. The van der Waals surface area contributed by atoms with Crippen molar-refractivity contribution in [1.29, 1.82) is 0 Å². The highest BCUT2D eigenvalue weighted by Gasteiger charge is 2.34. The van der Waals surface area contributed by atoms with Crippen LogP contribution in [0, 0.1) is 17.3 Å². The summed E-state index contributed by atoms with van der Waals surface area (Å²) in [6, 6.07) is 0.573. The Hall–Kier alpha value is -1.10. The van der Waals surface area contributed by atoms with E-state index in [1.165, 1.54) is 0 Å². The molecule has 0 unspecified atom stereocenters. The third-order valence-corrected chi connectivity index (χ3v) is 5.83. The van der Waals surface area contributed by atoms with E-state index in [9.17, 15) is 9.59 Å². The number of nitrogens with one attached hydrogen (secondary N) is 1. The Balaban J connectivity index is 1.71. The number of piperidine rings is 2. The van der Waals surface area contributed by atoms with Gasteiger partial charge in [0.25, 0.3) is 0 Å². The van der Waals surface area contributed by atoms with Crippen molar-refractivity contribution in [1.82, 2.24) is 15.1 Å². The molecule has 2 amide bonds. The number of rotatable bonds is 5. The van der Waals surface area contributed by atoms with Crippen LogP contribution in [-0.2, 0) is 9.59 Å². The molecule has 0 atom stereocenters. The van der Waals surface area contributed by atoms with Gasteiger partial charge >= 0.3 is 0 Å². The average Bonchev–Trinajstić information content (AvgIpc) is 2.60. The normalized spacial score (nSPS) is 21.2. The van der Waals surface area contributed by atoms with E-state index in [2.05, 4.69) is 24.1 Å². The van der Waals surface area contributed by atoms with E-state index in [1.54, 1.807) is 0 Å². The molecule has 2 aliphatic heterocycles. The van der Waals surface area contributed by atoms with Crippen LogP contribution in [0.2, 0.25) is 0 Å². The molecule has 1 N–H and O–H groups in total.